The Bertz CT molecular complexity index is 229. The van der Waals surface area contributed by atoms with Crippen molar-refractivity contribution in [3.05, 3.63) is 0 Å². The molecule has 4 nitrogen and oxygen atoms in total. The van der Waals surface area contributed by atoms with Crippen molar-refractivity contribution in [2.24, 2.45) is 0 Å². The molecule has 0 aromatic rings. The third-order valence-corrected chi connectivity index (χ3v) is 2.11. The smallest absolute Gasteiger partial charge is 0.410 e. The van der Waals surface area contributed by atoms with Gasteiger partial charge >= 0.3 is 6.09 Å². The molecule has 1 N–H and O–H groups in total. The van der Waals surface area contributed by atoms with Crippen molar-refractivity contribution in [3.8, 4) is 0 Å². The van der Waals surface area contributed by atoms with Crippen LogP contribution in [0.2, 0.25) is 0 Å². The van der Waals surface area contributed by atoms with Gasteiger partial charge in [-0.3, -0.25) is 0 Å². The third-order valence-electron chi connectivity index (χ3n) is 2.11. The number of likely N-dealkylation sites (N-methyl/N-ethyl adjacent to an activating group) is 1. The van der Waals surface area contributed by atoms with Crippen LogP contribution in [-0.4, -0.2) is 48.9 Å². The van der Waals surface area contributed by atoms with Gasteiger partial charge in [0.25, 0.3) is 0 Å². The fourth-order valence-electron chi connectivity index (χ4n) is 1.36. The van der Waals surface area contributed by atoms with E-state index in [4.69, 9.17) is 4.74 Å². The van der Waals surface area contributed by atoms with Crippen LogP contribution in [0.1, 0.15) is 34.6 Å². The first-order chi connectivity index (χ1) is 7.80. The number of ether oxygens (including phenoxy) is 1. The molecule has 0 aliphatic heterocycles. The predicted molar refractivity (Wildman–Crippen MR) is 66.9 cm³/mol. The first-order valence-corrected chi connectivity index (χ1v) is 6.07. The molecule has 1 atom stereocenters. The van der Waals surface area contributed by atoms with E-state index in [1.165, 1.54) is 0 Å². The van der Waals surface area contributed by atoms with Gasteiger partial charge in [0.2, 0.25) is 0 Å². The summed E-state index contributed by atoms with van der Waals surface area (Å²) in [6.45, 7) is 10.3. The number of rotatable bonds is 6. The lowest BCUT2D eigenvalue weighted by molar-refractivity contribution is 0.0245. The molecular weight excluding hydrogens is 223 g/mol. The van der Waals surface area contributed by atoms with Crippen LogP contribution in [0.3, 0.4) is 0 Å². The molecule has 0 heterocycles. The number of carbonyl (C=O) groups excluding carboxylic acids is 1. The molecule has 0 rings (SSSR count). The fourth-order valence-corrected chi connectivity index (χ4v) is 1.36. The van der Waals surface area contributed by atoms with Gasteiger partial charge in [0.15, 0.2) is 0 Å². The lowest BCUT2D eigenvalue weighted by atomic mass is 10.2. The first-order valence-electron chi connectivity index (χ1n) is 6.07. The second kappa shape index (κ2) is 7.48. The number of nitrogens with zero attached hydrogens (tertiary/aromatic N) is 1. The van der Waals surface area contributed by atoms with Gasteiger partial charge in [0.05, 0.1) is 0 Å². The summed E-state index contributed by atoms with van der Waals surface area (Å²) in [5.41, 5.74) is -0.486. The SMILES string of the molecule is CCN(CC(C)NCCF)C(=O)OC(C)(C)C. The Morgan fingerprint density at radius 2 is 2.06 bits per heavy atom. The van der Waals surface area contributed by atoms with E-state index in [2.05, 4.69) is 5.32 Å². The Labute approximate surface area is 104 Å². The highest BCUT2D eigenvalue weighted by atomic mass is 19.1. The van der Waals surface area contributed by atoms with E-state index in [9.17, 15) is 9.18 Å². The van der Waals surface area contributed by atoms with Gasteiger partial charge in [-0.05, 0) is 34.6 Å². The average Bonchev–Trinajstić information content (AvgIpc) is 2.20. The van der Waals surface area contributed by atoms with Crippen LogP contribution in [0, 0.1) is 0 Å². The Balaban J connectivity index is 4.18. The van der Waals surface area contributed by atoms with Crippen LogP contribution in [0.4, 0.5) is 9.18 Å². The summed E-state index contributed by atoms with van der Waals surface area (Å²) in [4.78, 5) is 13.4. The lowest BCUT2D eigenvalue weighted by Gasteiger charge is -2.28. The molecule has 0 aromatic carbocycles. The van der Waals surface area contributed by atoms with E-state index in [1.54, 1.807) is 4.90 Å². The topological polar surface area (TPSA) is 41.6 Å². The molecule has 102 valence electrons. The summed E-state index contributed by atoms with van der Waals surface area (Å²) >= 11 is 0. The number of nitrogens with one attached hydrogen (secondary N) is 1. The molecular formula is C12H25FN2O2. The Hall–Kier alpha value is -0.840. The fraction of sp³-hybridized carbons (Fsp3) is 0.917. The number of hydrogen-bond donors (Lipinski definition) is 1. The molecule has 0 aromatic heterocycles. The largest absolute Gasteiger partial charge is 0.444 e. The number of hydrogen-bond acceptors (Lipinski definition) is 3. The predicted octanol–water partition coefficient (Wildman–Crippen LogP) is 2.19. The number of alkyl halides is 1. The molecule has 0 fully saturated rings. The summed E-state index contributed by atoms with van der Waals surface area (Å²) < 4.78 is 17.3. The standard InChI is InChI=1S/C12H25FN2O2/c1-6-15(9-10(2)14-8-7-13)11(16)17-12(3,4)5/h10,14H,6-9H2,1-5H3. The molecule has 0 aliphatic rings. The van der Waals surface area contributed by atoms with Gasteiger partial charge in [-0.15, -0.1) is 0 Å². The van der Waals surface area contributed by atoms with Gasteiger partial charge in [-0.25, -0.2) is 9.18 Å². The maximum absolute atomic E-state index is 12.0. The summed E-state index contributed by atoms with van der Waals surface area (Å²) in [5, 5.41) is 2.99. The maximum atomic E-state index is 12.0. The molecule has 0 saturated carbocycles. The van der Waals surface area contributed by atoms with E-state index >= 15 is 0 Å². The Kier molecular flexibility index (Phi) is 7.11. The normalized spacial score (nSPS) is 13.3. The van der Waals surface area contributed by atoms with Crippen molar-refractivity contribution >= 4 is 6.09 Å². The van der Waals surface area contributed by atoms with E-state index in [1.807, 2.05) is 34.6 Å². The van der Waals surface area contributed by atoms with Gasteiger partial charge in [-0.2, -0.15) is 0 Å². The minimum atomic E-state index is -0.486. The molecule has 0 spiro atoms. The van der Waals surface area contributed by atoms with E-state index in [0.717, 1.165) is 0 Å². The second-order valence-electron chi connectivity index (χ2n) is 5.06. The van der Waals surface area contributed by atoms with Crippen LogP contribution in [0.25, 0.3) is 0 Å². The van der Waals surface area contributed by atoms with Crippen molar-refractivity contribution in [3.63, 3.8) is 0 Å². The van der Waals surface area contributed by atoms with Crippen molar-refractivity contribution in [1.29, 1.82) is 0 Å². The molecule has 5 heteroatoms. The summed E-state index contributed by atoms with van der Waals surface area (Å²) in [7, 11) is 0. The van der Waals surface area contributed by atoms with E-state index in [-0.39, 0.29) is 12.1 Å². The molecule has 0 aliphatic carbocycles. The highest BCUT2D eigenvalue weighted by Crippen LogP contribution is 2.10. The monoisotopic (exact) mass is 248 g/mol. The zero-order valence-corrected chi connectivity index (χ0v) is 11.5. The summed E-state index contributed by atoms with van der Waals surface area (Å²) in [5.74, 6) is 0. The van der Waals surface area contributed by atoms with Gasteiger partial charge in [-0.1, -0.05) is 0 Å². The molecule has 17 heavy (non-hydrogen) atoms. The Morgan fingerprint density at radius 1 is 1.47 bits per heavy atom. The molecule has 1 unspecified atom stereocenters. The van der Waals surface area contributed by atoms with Crippen LogP contribution >= 0.6 is 0 Å². The quantitative estimate of drug-likeness (QED) is 0.783. The van der Waals surface area contributed by atoms with Crippen molar-refractivity contribution in [2.75, 3.05) is 26.3 Å². The third kappa shape index (κ3) is 7.96. The van der Waals surface area contributed by atoms with Crippen molar-refractivity contribution in [1.82, 2.24) is 10.2 Å². The number of carbonyl (C=O) groups is 1. The minimum absolute atomic E-state index is 0.0539. The van der Waals surface area contributed by atoms with Crippen molar-refractivity contribution < 1.29 is 13.9 Å². The van der Waals surface area contributed by atoms with Crippen LogP contribution in [0.15, 0.2) is 0 Å². The minimum Gasteiger partial charge on any atom is -0.444 e. The number of halogens is 1. The van der Waals surface area contributed by atoms with Gasteiger partial charge in [0, 0.05) is 25.7 Å². The molecule has 1 amide bonds. The van der Waals surface area contributed by atoms with Gasteiger partial charge < -0.3 is 15.0 Å². The van der Waals surface area contributed by atoms with Crippen molar-refractivity contribution in [2.45, 2.75) is 46.3 Å². The molecule has 0 bridgehead atoms. The second-order valence-corrected chi connectivity index (χ2v) is 5.06. The van der Waals surface area contributed by atoms with Crippen LogP contribution in [-0.2, 0) is 4.74 Å². The maximum Gasteiger partial charge on any atom is 0.410 e. The van der Waals surface area contributed by atoms with E-state index < -0.39 is 12.3 Å². The zero-order chi connectivity index (χ0) is 13.5. The molecule has 0 saturated heterocycles. The Morgan fingerprint density at radius 3 is 2.47 bits per heavy atom. The summed E-state index contributed by atoms with van der Waals surface area (Å²) in [6, 6.07) is 0.0539. The van der Waals surface area contributed by atoms with Crippen LogP contribution < -0.4 is 5.32 Å². The average molecular weight is 248 g/mol. The highest BCUT2D eigenvalue weighted by Gasteiger charge is 2.22. The van der Waals surface area contributed by atoms with Crippen LogP contribution in [0.5, 0.6) is 0 Å². The number of amides is 1. The first kappa shape index (κ1) is 16.2. The van der Waals surface area contributed by atoms with Gasteiger partial charge in [0.1, 0.15) is 12.3 Å². The highest BCUT2D eigenvalue weighted by molar-refractivity contribution is 5.68. The lowest BCUT2D eigenvalue weighted by Crippen LogP contribution is -2.44. The van der Waals surface area contributed by atoms with E-state index in [0.29, 0.717) is 19.6 Å². The zero-order valence-electron chi connectivity index (χ0n) is 11.5. The molecule has 0 radical (unpaired) electrons. The summed E-state index contributed by atoms with van der Waals surface area (Å²) in [6.07, 6.45) is -0.325.